The Morgan fingerprint density at radius 2 is 2.17 bits per heavy atom. The van der Waals surface area contributed by atoms with E-state index in [1.54, 1.807) is 24.5 Å². The van der Waals surface area contributed by atoms with Crippen LogP contribution in [0.25, 0.3) is 0 Å². The summed E-state index contributed by atoms with van der Waals surface area (Å²) in [6.07, 6.45) is 3.24. The molecule has 1 N–H and O–H groups in total. The zero-order valence-electron chi connectivity index (χ0n) is 9.21. The fourth-order valence-electron chi connectivity index (χ4n) is 1.31. The minimum atomic E-state index is -0.972. The number of rotatable bonds is 4. The Hall–Kier alpha value is -1.59. The topological polar surface area (TPSA) is 63.1 Å². The number of nitrogens with zero attached hydrogens (tertiary/aromatic N) is 2. The summed E-state index contributed by atoms with van der Waals surface area (Å²) < 4.78 is 0. The molecule has 0 aromatic carbocycles. The van der Waals surface area contributed by atoms with E-state index in [-0.39, 0.29) is 5.56 Å². The summed E-state index contributed by atoms with van der Waals surface area (Å²) in [5.74, 6) is -0.374. The molecule has 4 nitrogen and oxygen atoms in total. The van der Waals surface area contributed by atoms with Gasteiger partial charge in [0.1, 0.15) is 10.2 Å². The number of carboxylic acids is 1. The van der Waals surface area contributed by atoms with Crippen LogP contribution in [0, 0.1) is 0 Å². The molecule has 18 heavy (non-hydrogen) atoms. The number of carbonyl (C=O) groups is 1. The zero-order chi connectivity index (χ0) is 13.0. The van der Waals surface area contributed by atoms with Crippen LogP contribution in [-0.2, 0) is 5.75 Å². The molecule has 2 aromatic heterocycles. The lowest BCUT2D eigenvalue weighted by Crippen LogP contribution is -2.00. The van der Waals surface area contributed by atoms with Crippen molar-refractivity contribution in [3.05, 3.63) is 52.9 Å². The van der Waals surface area contributed by atoms with Crippen LogP contribution in [0.2, 0.25) is 5.15 Å². The van der Waals surface area contributed by atoms with Crippen molar-refractivity contribution in [3.63, 3.8) is 0 Å². The molecule has 6 heteroatoms. The maximum absolute atomic E-state index is 11.0. The molecule has 0 saturated heterocycles. The van der Waals surface area contributed by atoms with E-state index < -0.39 is 5.97 Å². The molecule has 0 spiro atoms. The van der Waals surface area contributed by atoms with Crippen molar-refractivity contribution in [2.75, 3.05) is 0 Å². The molecule has 2 rings (SSSR count). The fourth-order valence-corrected chi connectivity index (χ4v) is 2.34. The summed E-state index contributed by atoms with van der Waals surface area (Å²) in [5.41, 5.74) is 1.18. The van der Waals surface area contributed by atoms with Gasteiger partial charge in [-0.3, -0.25) is 0 Å². The molecular formula is C12H9ClN2O2S. The van der Waals surface area contributed by atoms with Gasteiger partial charge >= 0.3 is 5.97 Å². The van der Waals surface area contributed by atoms with Gasteiger partial charge in [-0.25, -0.2) is 14.8 Å². The highest BCUT2D eigenvalue weighted by molar-refractivity contribution is 7.98. The van der Waals surface area contributed by atoms with Crippen molar-refractivity contribution >= 4 is 29.3 Å². The van der Waals surface area contributed by atoms with Crippen LogP contribution in [0.4, 0.5) is 0 Å². The van der Waals surface area contributed by atoms with Gasteiger partial charge in [0, 0.05) is 18.1 Å². The number of carboxylic acid groups (broad SMARTS) is 1. The molecule has 0 atom stereocenters. The normalized spacial score (nSPS) is 10.3. The molecule has 0 amide bonds. The van der Waals surface area contributed by atoms with Crippen LogP contribution in [0.3, 0.4) is 0 Å². The predicted molar refractivity (Wildman–Crippen MR) is 70.0 cm³/mol. The average molecular weight is 281 g/mol. The SMILES string of the molecule is O=C(O)c1cccnc1SCc1ccc(Cl)nc1. The minimum absolute atomic E-state index is 0.212. The van der Waals surface area contributed by atoms with Crippen molar-refractivity contribution < 1.29 is 9.90 Å². The van der Waals surface area contributed by atoms with Crippen LogP contribution < -0.4 is 0 Å². The molecule has 0 aliphatic rings. The molecule has 0 saturated carbocycles. The van der Waals surface area contributed by atoms with Crippen molar-refractivity contribution in [2.45, 2.75) is 10.8 Å². The van der Waals surface area contributed by atoms with Gasteiger partial charge in [-0.1, -0.05) is 17.7 Å². The Kier molecular flexibility index (Phi) is 4.17. The lowest BCUT2D eigenvalue weighted by Gasteiger charge is -2.04. The van der Waals surface area contributed by atoms with E-state index in [2.05, 4.69) is 9.97 Å². The monoisotopic (exact) mass is 280 g/mol. The van der Waals surface area contributed by atoms with E-state index in [0.717, 1.165) is 5.56 Å². The number of thioether (sulfide) groups is 1. The lowest BCUT2D eigenvalue weighted by molar-refractivity contribution is 0.0692. The molecule has 0 aliphatic carbocycles. The number of aromatic carboxylic acids is 1. The van der Waals surface area contributed by atoms with Crippen LogP contribution in [0.1, 0.15) is 15.9 Å². The van der Waals surface area contributed by atoms with E-state index in [1.165, 1.54) is 17.8 Å². The van der Waals surface area contributed by atoms with Crippen molar-refractivity contribution in [2.24, 2.45) is 0 Å². The van der Waals surface area contributed by atoms with Gasteiger partial charge in [0.25, 0.3) is 0 Å². The molecular weight excluding hydrogens is 272 g/mol. The molecule has 0 aliphatic heterocycles. The van der Waals surface area contributed by atoms with Gasteiger partial charge in [-0.15, -0.1) is 11.8 Å². The predicted octanol–water partition coefficient (Wildman–Crippen LogP) is 3.12. The number of halogens is 1. The average Bonchev–Trinajstić information content (AvgIpc) is 2.38. The first kappa shape index (κ1) is 12.9. The van der Waals surface area contributed by atoms with E-state index in [1.807, 2.05) is 6.07 Å². The Labute approximate surface area is 113 Å². The van der Waals surface area contributed by atoms with Gasteiger partial charge in [0.15, 0.2) is 0 Å². The summed E-state index contributed by atoms with van der Waals surface area (Å²) in [6, 6.07) is 6.70. The van der Waals surface area contributed by atoms with E-state index in [9.17, 15) is 4.79 Å². The van der Waals surface area contributed by atoms with E-state index >= 15 is 0 Å². The second-order valence-electron chi connectivity index (χ2n) is 3.44. The Morgan fingerprint density at radius 3 is 2.83 bits per heavy atom. The summed E-state index contributed by atoms with van der Waals surface area (Å²) in [6.45, 7) is 0. The smallest absolute Gasteiger partial charge is 0.338 e. The van der Waals surface area contributed by atoms with E-state index in [0.29, 0.717) is 15.9 Å². The second kappa shape index (κ2) is 5.84. The summed E-state index contributed by atoms with van der Waals surface area (Å²) >= 11 is 7.05. The Morgan fingerprint density at radius 1 is 1.33 bits per heavy atom. The maximum atomic E-state index is 11.0. The molecule has 0 fully saturated rings. The van der Waals surface area contributed by atoms with Gasteiger partial charge in [0.2, 0.25) is 0 Å². The first-order valence-electron chi connectivity index (χ1n) is 5.08. The van der Waals surface area contributed by atoms with Crippen molar-refractivity contribution in [1.29, 1.82) is 0 Å². The van der Waals surface area contributed by atoms with Crippen molar-refractivity contribution in [1.82, 2.24) is 9.97 Å². The van der Waals surface area contributed by atoms with Gasteiger partial charge in [-0.05, 0) is 23.8 Å². The number of pyridine rings is 2. The summed E-state index contributed by atoms with van der Waals surface area (Å²) in [5, 5.41) is 9.95. The summed E-state index contributed by atoms with van der Waals surface area (Å²) in [7, 11) is 0. The third-order valence-corrected chi connectivity index (χ3v) is 3.47. The molecule has 0 radical (unpaired) electrons. The molecule has 2 aromatic rings. The third-order valence-electron chi connectivity index (χ3n) is 2.17. The number of hydrogen-bond acceptors (Lipinski definition) is 4. The van der Waals surface area contributed by atoms with Crippen LogP contribution in [0.5, 0.6) is 0 Å². The van der Waals surface area contributed by atoms with Crippen LogP contribution in [-0.4, -0.2) is 21.0 Å². The number of aromatic nitrogens is 2. The van der Waals surface area contributed by atoms with Crippen LogP contribution in [0.15, 0.2) is 41.7 Å². The Balaban J connectivity index is 2.10. The van der Waals surface area contributed by atoms with Gasteiger partial charge < -0.3 is 5.11 Å². The van der Waals surface area contributed by atoms with Gasteiger partial charge in [0.05, 0.1) is 5.56 Å². The number of hydrogen-bond donors (Lipinski definition) is 1. The van der Waals surface area contributed by atoms with Gasteiger partial charge in [-0.2, -0.15) is 0 Å². The first-order chi connectivity index (χ1) is 8.66. The zero-order valence-corrected chi connectivity index (χ0v) is 10.8. The standard InChI is InChI=1S/C12H9ClN2O2S/c13-10-4-3-8(6-15-10)7-18-11-9(12(16)17)2-1-5-14-11/h1-6H,7H2,(H,16,17). The Bertz CT molecular complexity index is 560. The van der Waals surface area contributed by atoms with Crippen molar-refractivity contribution in [3.8, 4) is 0 Å². The quantitative estimate of drug-likeness (QED) is 0.689. The highest BCUT2D eigenvalue weighted by Gasteiger charge is 2.10. The highest BCUT2D eigenvalue weighted by Crippen LogP contribution is 2.24. The lowest BCUT2D eigenvalue weighted by atomic mass is 10.3. The van der Waals surface area contributed by atoms with Crippen LogP contribution >= 0.6 is 23.4 Å². The first-order valence-corrected chi connectivity index (χ1v) is 6.44. The fraction of sp³-hybridized carbons (Fsp3) is 0.0833. The highest BCUT2D eigenvalue weighted by atomic mass is 35.5. The minimum Gasteiger partial charge on any atom is -0.478 e. The largest absolute Gasteiger partial charge is 0.478 e. The molecule has 92 valence electrons. The molecule has 0 bridgehead atoms. The maximum Gasteiger partial charge on any atom is 0.338 e. The third kappa shape index (κ3) is 3.21. The molecule has 0 unspecified atom stereocenters. The molecule has 2 heterocycles. The van der Waals surface area contributed by atoms with E-state index in [4.69, 9.17) is 16.7 Å². The summed E-state index contributed by atoms with van der Waals surface area (Å²) in [4.78, 5) is 19.0. The second-order valence-corrected chi connectivity index (χ2v) is 4.79.